The molecule has 0 saturated heterocycles. The van der Waals surface area contributed by atoms with E-state index in [0.29, 0.717) is 0 Å². The van der Waals surface area contributed by atoms with Crippen LogP contribution in [0.3, 0.4) is 0 Å². The van der Waals surface area contributed by atoms with Gasteiger partial charge in [-0.15, -0.1) is 0 Å². The normalized spacial score (nSPS) is 12.2. The van der Waals surface area contributed by atoms with Gasteiger partial charge in [0.25, 0.3) is 0 Å². The summed E-state index contributed by atoms with van der Waals surface area (Å²) in [6, 6.07) is 7.81. The van der Waals surface area contributed by atoms with Crippen LogP contribution in [0.15, 0.2) is 34.6 Å². The number of hydrogen-bond donors (Lipinski definition) is 2. The summed E-state index contributed by atoms with van der Waals surface area (Å²) in [5.41, 5.74) is 2.26. The van der Waals surface area contributed by atoms with E-state index in [1.54, 1.807) is 0 Å². The standard InChI is InChI=1S/C16H24N2O2/c1-2-3-4-5-6-7-8-14-9-11-15(12-10-14)16(18-20)13-17-19/h9-13,19-20H,2-8H2,1H3. The van der Waals surface area contributed by atoms with Crippen LogP contribution in [0.4, 0.5) is 0 Å². The molecule has 1 rings (SSSR count). The SMILES string of the molecule is CCCCCCCCc1ccc(C(C=NO)=NO)cc1. The molecule has 0 saturated carbocycles. The molecule has 0 radical (unpaired) electrons. The molecule has 0 spiro atoms. The Balaban J connectivity index is 2.39. The van der Waals surface area contributed by atoms with Crippen molar-refractivity contribution < 1.29 is 10.4 Å². The van der Waals surface area contributed by atoms with Gasteiger partial charge in [0.2, 0.25) is 0 Å². The quantitative estimate of drug-likeness (QED) is 0.307. The Kier molecular flexibility index (Phi) is 8.11. The molecule has 2 N–H and O–H groups in total. The summed E-state index contributed by atoms with van der Waals surface area (Å²) < 4.78 is 0. The highest BCUT2D eigenvalue weighted by Crippen LogP contribution is 2.11. The predicted octanol–water partition coefficient (Wildman–Crippen LogP) is 4.23. The van der Waals surface area contributed by atoms with Gasteiger partial charge in [0.1, 0.15) is 5.71 Å². The minimum absolute atomic E-state index is 0.249. The third-order valence-electron chi connectivity index (χ3n) is 3.36. The largest absolute Gasteiger partial charge is 0.411 e. The van der Waals surface area contributed by atoms with E-state index in [1.165, 1.54) is 44.1 Å². The molecule has 0 unspecified atom stereocenters. The molecule has 0 atom stereocenters. The molecule has 0 bridgehead atoms. The first-order valence-electron chi connectivity index (χ1n) is 7.30. The van der Waals surface area contributed by atoms with E-state index in [4.69, 9.17) is 10.4 Å². The topological polar surface area (TPSA) is 65.2 Å². The molecule has 4 heteroatoms. The second kappa shape index (κ2) is 10.0. The average molecular weight is 276 g/mol. The van der Waals surface area contributed by atoms with Crippen LogP contribution in [-0.4, -0.2) is 22.3 Å². The molecule has 0 fully saturated rings. The van der Waals surface area contributed by atoms with E-state index in [0.717, 1.165) is 18.2 Å². The van der Waals surface area contributed by atoms with Crippen molar-refractivity contribution in [3.05, 3.63) is 35.4 Å². The van der Waals surface area contributed by atoms with E-state index in [-0.39, 0.29) is 5.71 Å². The summed E-state index contributed by atoms with van der Waals surface area (Å²) in [4.78, 5) is 0. The van der Waals surface area contributed by atoms with Gasteiger partial charge in [-0.2, -0.15) is 0 Å². The van der Waals surface area contributed by atoms with Crippen molar-refractivity contribution in [3.8, 4) is 0 Å². The van der Waals surface area contributed by atoms with Crippen LogP contribution in [0.25, 0.3) is 0 Å². The molecule has 0 amide bonds. The maximum atomic E-state index is 8.81. The Morgan fingerprint density at radius 2 is 1.65 bits per heavy atom. The summed E-state index contributed by atoms with van der Waals surface area (Å²) in [5.74, 6) is 0. The van der Waals surface area contributed by atoms with E-state index in [2.05, 4.69) is 17.2 Å². The lowest BCUT2D eigenvalue weighted by molar-refractivity contribution is 0.316. The second-order valence-corrected chi connectivity index (χ2v) is 4.94. The Morgan fingerprint density at radius 1 is 1.00 bits per heavy atom. The van der Waals surface area contributed by atoms with Gasteiger partial charge in [0, 0.05) is 5.56 Å². The summed E-state index contributed by atoms with van der Waals surface area (Å²) in [6.07, 6.45) is 9.96. The van der Waals surface area contributed by atoms with Crippen LogP contribution >= 0.6 is 0 Å². The van der Waals surface area contributed by atoms with Gasteiger partial charge in [0.15, 0.2) is 0 Å². The van der Waals surface area contributed by atoms with Gasteiger partial charge in [-0.05, 0) is 18.4 Å². The molecular weight excluding hydrogens is 252 g/mol. The van der Waals surface area contributed by atoms with Gasteiger partial charge in [-0.1, -0.05) is 73.6 Å². The van der Waals surface area contributed by atoms with Crippen LogP contribution < -0.4 is 0 Å². The number of unbranched alkanes of at least 4 members (excludes halogenated alkanes) is 5. The first kappa shape index (κ1) is 16.2. The summed E-state index contributed by atoms with van der Waals surface area (Å²) in [5, 5.41) is 23.2. The predicted molar refractivity (Wildman–Crippen MR) is 82.1 cm³/mol. The lowest BCUT2D eigenvalue weighted by atomic mass is 10.0. The number of rotatable bonds is 9. The molecule has 1 aromatic rings. The van der Waals surface area contributed by atoms with Crippen molar-refractivity contribution >= 4 is 11.9 Å². The highest BCUT2D eigenvalue weighted by atomic mass is 16.4. The van der Waals surface area contributed by atoms with E-state index >= 15 is 0 Å². The minimum Gasteiger partial charge on any atom is -0.411 e. The van der Waals surface area contributed by atoms with Gasteiger partial charge in [0.05, 0.1) is 6.21 Å². The maximum Gasteiger partial charge on any atom is 0.131 e. The lowest BCUT2D eigenvalue weighted by Crippen LogP contribution is -2.02. The van der Waals surface area contributed by atoms with Gasteiger partial charge in [-0.3, -0.25) is 0 Å². The molecule has 4 nitrogen and oxygen atoms in total. The maximum absolute atomic E-state index is 8.81. The highest BCUT2D eigenvalue weighted by molar-refractivity contribution is 6.37. The summed E-state index contributed by atoms with van der Waals surface area (Å²) >= 11 is 0. The Bertz CT molecular complexity index is 425. The van der Waals surface area contributed by atoms with Gasteiger partial charge in [-0.25, -0.2) is 0 Å². The number of aryl methyl sites for hydroxylation is 1. The second-order valence-electron chi connectivity index (χ2n) is 4.94. The molecule has 1 aromatic carbocycles. The Labute approximate surface area is 120 Å². The monoisotopic (exact) mass is 276 g/mol. The number of benzene rings is 1. The first-order valence-corrected chi connectivity index (χ1v) is 7.30. The fourth-order valence-corrected chi connectivity index (χ4v) is 2.16. The van der Waals surface area contributed by atoms with Crippen LogP contribution in [-0.2, 0) is 6.42 Å². The fraction of sp³-hybridized carbons (Fsp3) is 0.500. The van der Waals surface area contributed by atoms with Crippen molar-refractivity contribution in [1.29, 1.82) is 0 Å². The van der Waals surface area contributed by atoms with Crippen molar-refractivity contribution in [2.45, 2.75) is 51.9 Å². The molecule has 110 valence electrons. The summed E-state index contributed by atoms with van der Waals surface area (Å²) in [7, 11) is 0. The molecular formula is C16H24N2O2. The number of hydrogen-bond acceptors (Lipinski definition) is 4. The van der Waals surface area contributed by atoms with Crippen LogP contribution in [0, 0.1) is 0 Å². The van der Waals surface area contributed by atoms with Crippen molar-refractivity contribution in [2.75, 3.05) is 0 Å². The van der Waals surface area contributed by atoms with E-state index < -0.39 is 0 Å². The Hall–Kier alpha value is -1.84. The first-order chi connectivity index (χ1) is 9.81. The third kappa shape index (κ3) is 5.87. The smallest absolute Gasteiger partial charge is 0.131 e. The minimum atomic E-state index is 0.249. The lowest BCUT2D eigenvalue weighted by Gasteiger charge is -2.04. The fourth-order valence-electron chi connectivity index (χ4n) is 2.16. The third-order valence-corrected chi connectivity index (χ3v) is 3.36. The van der Waals surface area contributed by atoms with Crippen LogP contribution in [0.2, 0.25) is 0 Å². The molecule has 0 aliphatic carbocycles. The zero-order valence-corrected chi connectivity index (χ0v) is 12.1. The zero-order chi connectivity index (χ0) is 14.6. The number of oxime groups is 2. The van der Waals surface area contributed by atoms with Crippen molar-refractivity contribution in [1.82, 2.24) is 0 Å². The molecule has 0 aliphatic heterocycles. The van der Waals surface area contributed by atoms with E-state index in [1.807, 2.05) is 24.3 Å². The van der Waals surface area contributed by atoms with Gasteiger partial charge >= 0.3 is 0 Å². The van der Waals surface area contributed by atoms with Crippen molar-refractivity contribution in [2.24, 2.45) is 10.3 Å². The summed E-state index contributed by atoms with van der Waals surface area (Å²) in [6.45, 7) is 2.23. The van der Waals surface area contributed by atoms with Gasteiger partial charge < -0.3 is 10.4 Å². The van der Waals surface area contributed by atoms with Crippen LogP contribution in [0.5, 0.6) is 0 Å². The molecule has 0 aromatic heterocycles. The molecule has 0 heterocycles. The average Bonchev–Trinajstić information content (AvgIpc) is 2.49. The van der Waals surface area contributed by atoms with E-state index in [9.17, 15) is 0 Å². The number of nitrogens with zero attached hydrogens (tertiary/aromatic N) is 2. The molecule has 0 aliphatic rings. The molecule has 20 heavy (non-hydrogen) atoms. The van der Waals surface area contributed by atoms with Crippen molar-refractivity contribution in [3.63, 3.8) is 0 Å². The highest BCUT2D eigenvalue weighted by Gasteiger charge is 2.02. The zero-order valence-electron chi connectivity index (χ0n) is 12.1. The van der Waals surface area contributed by atoms with Crippen LogP contribution in [0.1, 0.15) is 56.6 Å². The Morgan fingerprint density at radius 3 is 2.25 bits per heavy atom.